The lowest BCUT2D eigenvalue weighted by atomic mass is 10.1. The number of nitrogens with one attached hydrogen (secondary N) is 1. The van der Waals surface area contributed by atoms with Gasteiger partial charge in [0.1, 0.15) is 5.82 Å². The number of aromatic nitrogens is 2. The van der Waals surface area contributed by atoms with Gasteiger partial charge in [-0.05, 0) is 36.6 Å². The van der Waals surface area contributed by atoms with Gasteiger partial charge in [0.15, 0.2) is 0 Å². The van der Waals surface area contributed by atoms with Crippen molar-refractivity contribution in [3.05, 3.63) is 54.1 Å². The van der Waals surface area contributed by atoms with Crippen molar-refractivity contribution in [2.24, 2.45) is 5.41 Å². The minimum absolute atomic E-state index is 0.00148. The average molecular weight is 356 g/mol. The molecule has 26 heavy (non-hydrogen) atoms. The Kier molecular flexibility index (Phi) is 4.22. The van der Waals surface area contributed by atoms with Crippen molar-refractivity contribution < 1.29 is 14.0 Å². The molecular weight excluding hydrogens is 335 g/mol. The number of carbonyl (C=O) groups is 2. The number of carbonyl (C=O) groups excluding carboxylic acids is 2. The number of hydrogen-bond donors (Lipinski definition) is 1. The maximum atomic E-state index is 13.3. The van der Waals surface area contributed by atoms with Crippen molar-refractivity contribution in [1.29, 1.82) is 0 Å². The summed E-state index contributed by atoms with van der Waals surface area (Å²) in [6.07, 6.45) is 5.53. The minimum atomic E-state index is -0.398. The Hall–Kier alpha value is -2.70. The number of likely N-dealkylation sites (tertiary alicyclic amines) is 1. The first kappa shape index (κ1) is 16.8. The van der Waals surface area contributed by atoms with Crippen LogP contribution in [0.1, 0.15) is 24.8 Å². The molecule has 2 aliphatic rings. The fraction of sp³-hybridized carbons (Fsp3) is 0.421. The summed E-state index contributed by atoms with van der Waals surface area (Å²) >= 11 is 0. The van der Waals surface area contributed by atoms with Crippen molar-refractivity contribution in [2.75, 3.05) is 6.54 Å². The van der Waals surface area contributed by atoms with E-state index in [0.717, 1.165) is 18.4 Å². The highest BCUT2D eigenvalue weighted by molar-refractivity contribution is 5.87. The topological polar surface area (TPSA) is 67.2 Å². The maximum Gasteiger partial charge on any atom is 0.228 e. The van der Waals surface area contributed by atoms with E-state index in [4.69, 9.17) is 0 Å². The smallest absolute Gasteiger partial charge is 0.228 e. The van der Waals surface area contributed by atoms with Gasteiger partial charge in [-0.15, -0.1) is 0 Å². The predicted molar refractivity (Wildman–Crippen MR) is 92.3 cm³/mol. The second-order valence-electron chi connectivity index (χ2n) is 7.26. The van der Waals surface area contributed by atoms with Gasteiger partial charge in [-0.3, -0.25) is 14.3 Å². The number of halogens is 1. The normalized spacial score (nSPS) is 21.0. The van der Waals surface area contributed by atoms with E-state index in [2.05, 4.69) is 10.4 Å². The monoisotopic (exact) mass is 356 g/mol. The van der Waals surface area contributed by atoms with Gasteiger partial charge < -0.3 is 10.2 Å². The average Bonchev–Trinajstić information content (AvgIpc) is 3.04. The Bertz CT molecular complexity index is 817. The first-order valence-electron chi connectivity index (χ1n) is 8.85. The molecule has 0 radical (unpaired) electrons. The molecule has 1 aromatic heterocycles. The van der Waals surface area contributed by atoms with Crippen LogP contribution in [0.2, 0.25) is 0 Å². The molecule has 7 heteroatoms. The summed E-state index contributed by atoms with van der Waals surface area (Å²) in [4.78, 5) is 26.6. The van der Waals surface area contributed by atoms with Gasteiger partial charge in [-0.25, -0.2) is 4.39 Å². The van der Waals surface area contributed by atoms with Gasteiger partial charge in [0, 0.05) is 31.9 Å². The summed E-state index contributed by atoms with van der Waals surface area (Å²) in [5.41, 5.74) is 0.355. The zero-order chi connectivity index (χ0) is 18.1. The standard InChI is InChI=1S/C19H21FN4O2/c20-15-4-1-3-14(9-15)11-23-12-16(10-17(23)25)22-18(26)19(5-6-19)13-24-8-2-7-21-24/h1-4,7-9,16H,5-6,10-13H2,(H,22,26)/t16-/m0/s1. The summed E-state index contributed by atoms with van der Waals surface area (Å²) in [6.45, 7) is 1.39. The Labute approximate surface area is 151 Å². The Morgan fingerprint density at radius 2 is 2.19 bits per heavy atom. The van der Waals surface area contributed by atoms with Crippen LogP contribution in [0.15, 0.2) is 42.7 Å². The largest absolute Gasteiger partial charge is 0.351 e. The molecule has 1 aliphatic carbocycles. The Morgan fingerprint density at radius 1 is 1.35 bits per heavy atom. The molecule has 1 atom stereocenters. The van der Waals surface area contributed by atoms with Gasteiger partial charge in [-0.2, -0.15) is 5.10 Å². The molecule has 1 saturated heterocycles. The van der Waals surface area contributed by atoms with Crippen molar-refractivity contribution in [3.8, 4) is 0 Å². The number of hydrogen-bond acceptors (Lipinski definition) is 3. The fourth-order valence-electron chi connectivity index (χ4n) is 3.53. The van der Waals surface area contributed by atoms with Crippen LogP contribution < -0.4 is 5.32 Å². The number of amides is 2. The third-order valence-electron chi connectivity index (χ3n) is 5.17. The van der Waals surface area contributed by atoms with E-state index in [-0.39, 0.29) is 23.7 Å². The number of rotatable bonds is 6. The Morgan fingerprint density at radius 3 is 2.88 bits per heavy atom. The van der Waals surface area contributed by atoms with E-state index >= 15 is 0 Å². The summed E-state index contributed by atoms with van der Waals surface area (Å²) in [6, 6.07) is 7.89. The first-order chi connectivity index (χ1) is 12.5. The zero-order valence-electron chi connectivity index (χ0n) is 14.4. The molecule has 0 bridgehead atoms. The number of nitrogens with zero attached hydrogens (tertiary/aromatic N) is 3. The molecule has 2 amide bonds. The molecule has 0 spiro atoms. The number of benzene rings is 1. The molecule has 1 aromatic carbocycles. The van der Waals surface area contributed by atoms with Crippen LogP contribution in [0, 0.1) is 11.2 Å². The lowest BCUT2D eigenvalue weighted by molar-refractivity contribution is -0.128. The van der Waals surface area contributed by atoms with Crippen molar-refractivity contribution in [1.82, 2.24) is 20.0 Å². The summed E-state index contributed by atoms with van der Waals surface area (Å²) in [5, 5.41) is 7.21. The molecule has 0 unspecified atom stereocenters. The van der Waals surface area contributed by atoms with Crippen LogP contribution in [0.25, 0.3) is 0 Å². The van der Waals surface area contributed by atoms with Gasteiger partial charge >= 0.3 is 0 Å². The fourth-order valence-corrected chi connectivity index (χ4v) is 3.53. The van der Waals surface area contributed by atoms with Crippen LogP contribution in [0.3, 0.4) is 0 Å². The third-order valence-corrected chi connectivity index (χ3v) is 5.17. The summed E-state index contributed by atoms with van der Waals surface area (Å²) < 4.78 is 15.1. The van der Waals surface area contributed by atoms with E-state index < -0.39 is 5.41 Å². The molecule has 1 saturated carbocycles. The highest BCUT2D eigenvalue weighted by atomic mass is 19.1. The van der Waals surface area contributed by atoms with Crippen LogP contribution in [-0.2, 0) is 22.7 Å². The predicted octanol–water partition coefficient (Wildman–Crippen LogP) is 1.72. The van der Waals surface area contributed by atoms with Crippen LogP contribution in [-0.4, -0.2) is 39.1 Å². The molecule has 2 heterocycles. The minimum Gasteiger partial charge on any atom is -0.351 e. The van der Waals surface area contributed by atoms with E-state index in [1.807, 2.05) is 12.3 Å². The van der Waals surface area contributed by atoms with E-state index in [9.17, 15) is 14.0 Å². The highest BCUT2D eigenvalue weighted by Crippen LogP contribution is 2.47. The molecule has 4 rings (SSSR count). The molecular formula is C19H21FN4O2. The second kappa shape index (κ2) is 6.55. The summed E-state index contributed by atoms with van der Waals surface area (Å²) in [7, 11) is 0. The summed E-state index contributed by atoms with van der Waals surface area (Å²) in [5.74, 6) is -0.330. The maximum absolute atomic E-state index is 13.3. The van der Waals surface area contributed by atoms with Gasteiger partial charge in [0.25, 0.3) is 0 Å². The lowest BCUT2D eigenvalue weighted by Crippen LogP contribution is -2.42. The third kappa shape index (κ3) is 3.47. The molecule has 1 aliphatic heterocycles. The van der Waals surface area contributed by atoms with Crippen LogP contribution in [0.5, 0.6) is 0 Å². The quantitative estimate of drug-likeness (QED) is 0.857. The van der Waals surface area contributed by atoms with E-state index in [1.54, 1.807) is 27.9 Å². The van der Waals surface area contributed by atoms with Crippen molar-refractivity contribution in [3.63, 3.8) is 0 Å². The van der Waals surface area contributed by atoms with Crippen molar-refractivity contribution in [2.45, 2.75) is 38.4 Å². The molecule has 2 aromatic rings. The first-order valence-corrected chi connectivity index (χ1v) is 8.85. The Balaban J connectivity index is 1.34. The van der Waals surface area contributed by atoms with Gasteiger partial charge in [0.2, 0.25) is 11.8 Å². The van der Waals surface area contributed by atoms with E-state index in [1.165, 1.54) is 12.1 Å². The van der Waals surface area contributed by atoms with Gasteiger partial charge in [0.05, 0.1) is 18.0 Å². The lowest BCUT2D eigenvalue weighted by Gasteiger charge is -2.20. The second-order valence-corrected chi connectivity index (χ2v) is 7.26. The molecule has 136 valence electrons. The van der Waals surface area contributed by atoms with Crippen LogP contribution in [0.4, 0.5) is 4.39 Å². The highest BCUT2D eigenvalue weighted by Gasteiger charge is 2.51. The van der Waals surface area contributed by atoms with E-state index in [0.29, 0.717) is 26.1 Å². The van der Waals surface area contributed by atoms with Crippen molar-refractivity contribution >= 4 is 11.8 Å². The SMILES string of the molecule is O=C1C[C@H](NC(=O)C2(Cn3cccn3)CC2)CN1Cc1cccc(F)c1. The molecule has 2 fully saturated rings. The zero-order valence-corrected chi connectivity index (χ0v) is 14.4. The molecule has 1 N–H and O–H groups in total. The van der Waals surface area contributed by atoms with Crippen LogP contribution >= 0.6 is 0 Å². The van der Waals surface area contributed by atoms with Gasteiger partial charge in [-0.1, -0.05) is 12.1 Å². The molecule has 6 nitrogen and oxygen atoms in total.